The van der Waals surface area contributed by atoms with Crippen molar-refractivity contribution in [2.24, 2.45) is 4.99 Å². The van der Waals surface area contributed by atoms with E-state index >= 15 is 0 Å². The van der Waals surface area contributed by atoms with Crippen molar-refractivity contribution in [3.8, 4) is 0 Å². The Labute approximate surface area is 92.8 Å². The van der Waals surface area contributed by atoms with Crippen LogP contribution in [0, 0.1) is 0 Å². The lowest BCUT2D eigenvalue weighted by atomic mass is 9.93. The minimum Gasteiger partial charge on any atom is -0.371 e. The first-order chi connectivity index (χ1) is 7.13. The summed E-state index contributed by atoms with van der Waals surface area (Å²) < 4.78 is 5.22. The second kappa shape index (κ2) is 3.76. The molecule has 0 saturated heterocycles. The standard InChI is InChI=1S/C11H10ClNO2/c1-6-5-8(14)10-7(12)3-4-9(15-2)11(10)13-6/h3-5,9H,1-2H3. The van der Waals surface area contributed by atoms with Crippen molar-refractivity contribution in [2.75, 3.05) is 7.11 Å². The Morgan fingerprint density at radius 2 is 2.27 bits per heavy atom. The monoisotopic (exact) mass is 223 g/mol. The minimum atomic E-state index is -0.282. The average molecular weight is 224 g/mol. The first-order valence-corrected chi connectivity index (χ1v) is 4.93. The first kappa shape index (κ1) is 10.3. The molecule has 0 amide bonds. The molecule has 2 rings (SSSR count). The van der Waals surface area contributed by atoms with Crippen LogP contribution >= 0.6 is 11.6 Å². The van der Waals surface area contributed by atoms with Gasteiger partial charge in [-0.15, -0.1) is 0 Å². The molecule has 1 unspecified atom stereocenters. The van der Waals surface area contributed by atoms with Gasteiger partial charge in [0.15, 0.2) is 5.78 Å². The molecule has 0 fully saturated rings. The summed E-state index contributed by atoms with van der Waals surface area (Å²) in [6.07, 6.45) is 4.66. The van der Waals surface area contributed by atoms with Crippen molar-refractivity contribution in [3.05, 3.63) is 34.5 Å². The van der Waals surface area contributed by atoms with E-state index in [0.29, 0.717) is 22.0 Å². The summed E-state index contributed by atoms with van der Waals surface area (Å²) in [6.45, 7) is 1.78. The molecule has 1 heterocycles. The summed E-state index contributed by atoms with van der Waals surface area (Å²) >= 11 is 5.96. The number of halogens is 1. The SMILES string of the molecule is COC1C=CC(Cl)=C2C(=O)C=C(C)N=C21. The van der Waals surface area contributed by atoms with E-state index in [4.69, 9.17) is 16.3 Å². The fourth-order valence-electron chi connectivity index (χ4n) is 1.65. The highest BCUT2D eigenvalue weighted by molar-refractivity contribution is 6.42. The summed E-state index contributed by atoms with van der Waals surface area (Å²) in [5.74, 6) is -0.103. The van der Waals surface area contributed by atoms with Gasteiger partial charge in [0.2, 0.25) is 0 Å². The number of ether oxygens (including phenoxy) is 1. The minimum absolute atomic E-state index is 0.103. The molecule has 1 atom stereocenters. The van der Waals surface area contributed by atoms with Crippen LogP contribution in [-0.4, -0.2) is 24.7 Å². The molecule has 15 heavy (non-hydrogen) atoms. The number of carbonyl (C=O) groups is 1. The van der Waals surface area contributed by atoms with E-state index in [1.807, 2.05) is 0 Å². The number of fused-ring (bicyclic) bond motifs is 1. The van der Waals surface area contributed by atoms with Crippen LogP contribution < -0.4 is 0 Å². The van der Waals surface area contributed by atoms with Gasteiger partial charge in [0, 0.05) is 18.9 Å². The van der Waals surface area contributed by atoms with Gasteiger partial charge >= 0.3 is 0 Å². The van der Waals surface area contributed by atoms with Gasteiger partial charge < -0.3 is 4.74 Å². The quantitative estimate of drug-likeness (QED) is 0.682. The zero-order valence-electron chi connectivity index (χ0n) is 8.45. The molecule has 0 radical (unpaired) electrons. The Balaban J connectivity index is 2.55. The molecule has 0 N–H and O–H groups in total. The third-order valence-corrected chi connectivity index (χ3v) is 2.63. The van der Waals surface area contributed by atoms with Crippen LogP contribution in [0.1, 0.15) is 6.92 Å². The predicted molar refractivity (Wildman–Crippen MR) is 59.0 cm³/mol. The van der Waals surface area contributed by atoms with Crippen molar-refractivity contribution in [2.45, 2.75) is 13.0 Å². The average Bonchev–Trinajstić information content (AvgIpc) is 2.17. The summed E-state index contributed by atoms with van der Waals surface area (Å²) in [5, 5.41) is 0.427. The molecule has 3 nitrogen and oxygen atoms in total. The second-order valence-electron chi connectivity index (χ2n) is 3.39. The predicted octanol–water partition coefficient (Wildman–Crippen LogP) is 1.99. The number of carbonyl (C=O) groups excluding carboxylic acids is 1. The van der Waals surface area contributed by atoms with E-state index < -0.39 is 0 Å². The third-order valence-electron chi connectivity index (χ3n) is 2.32. The zero-order chi connectivity index (χ0) is 11.0. The largest absolute Gasteiger partial charge is 0.371 e. The Bertz CT molecular complexity index is 444. The fraction of sp³-hybridized carbons (Fsp3) is 0.273. The van der Waals surface area contributed by atoms with E-state index in [-0.39, 0.29) is 11.9 Å². The van der Waals surface area contributed by atoms with Gasteiger partial charge in [-0.2, -0.15) is 0 Å². The molecule has 1 aliphatic heterocycles. The van der Waals surface area contributed by atoms with Crippen LogP contribution in [0.3, 0.4) is 0 Å². The number of methoxy groups -OCH3 is 1. The topological polar surface area (TPSA) is 38.7 Å². The van der Waals surface area contributed by atoms with Crippen LogP contribution in [0.5, 0.6) is 0 Å². The molecule has 0 aromatic carbocycles. The molecule has 0 aromatic rings. The molecule has 0 bridgehead atoms. The summed E-state index contributed by atoms with van der Waals surface area (Å²) in [6, 6.07) is 0. The number of hydrogen-bond donors (Lipinski definition) is 0. The number of hydrogen-bond acceptors (Lipinski definition) is 3. The Kier molecular flexibility index (Phi) is 2.59. The molecular weight excluding hydrogens is 214 g/mol. The van der Waals surface area contributed by atoms with Crippen LogP contribution in [0.4, 0.5) is 0 Å². The summed E-state index contributed by atoms with van der Waals surface area (Å²) in [7, 11) is 1.58. The van der Waals surface area contributed by atoms with Gasteiger partial charge in [0.05, 0.1) is 16.3 Å². The van der Waals surface area contributed by atoms with Crippen molar-refractivity contribution in [1.82, 2.24) is 0 Å². The first-order valence-electron chi connectivity index (χ1n) is 4.56. The Morgan fingerprint density at radius 3 is 2.93 bits per heavy atom. The molecule has 4 heteroatoms. The molecular formula is C11H10ClNO2. The van der Waals surface area contributed by atoms with Crippen LogP contribution in [0.15, 0.2) is 39.5 Å². The lowest BCUT2D eigenvalue weighted by Gasteiger charge is -2.22. The molecule has 0 saturated carbocycles. The van der Waals surface area contributed by atoms with Crippen molar-refractivity contribution < 1.29 is 9.53 Å². The normalized spacial score (nSPS) is 25.0. The van der Waals surface area contributed by atoms with Gasteiger partial charge in [-0.05, 0) is 19.1 Å². The smallest absolute Gasteiger partial charge is 0.191 e. The van der Waals surface area contributed by atoms with E-state index in [1.165, 1.54) is 6.08 Å². The van der Waals surface area contributed by atoms with Crippen LogP contribution in [0.2, 0.25) is 0 Å². The molecule has 1 aliphatic carbocycles. The number of ketones is 1. The van der Waals surface area contributed by atoms with E-state index in [2.05, 4.69) is 4.99 Å². The van der Waals surface area contributed by atoms with Crippen LogP contribution in [-0.2, 0) is 9.53 Å². The maximum Gasteiger partial charge on any atom is 0.191 e. The van der Waals surface area contributed by atoms with Gasteiger partial charge in [0.1, 0.15) is 6.10 Å². The van der Waals surface area contributed by atoms with Gasteiger partial charge in [-0.1, -0.05) is 11.6 Å². The second-order valence-corrected chi connectivity index (χ2v) is 3.79. The highest BCUT2D eigenvalue weighted by Gasteiger charge is 2.29. The highest BCUT2D eigenvalue weighted by Crippen LogP contribution is 2.27. The lowest BCUT2D eigenvalue weighted by Crippen LogP contribution is -2.30. The number of aliphatic imine (C=N–C) groups is 1. The van der Waals surface area contributed by atoms with Gasteiger partial charge in [-0.25, -0.2) is 0 Å². The Hall–Kier alpha value is -1.19. The van der Waals surface area contributed by atoms with Crippen LogP contribution in [0.25, 0.3) is 0 Å². The number of rotatable bonds is 1. The van der Waals surface area contributed by atoms with E-state index in [1.54, 1.807) is 26.2 Å². The third kappa shape index (κ3) is 1.68. The highest BCUT2D eigenvalue weighted by atomic mass is 35.5. The maximum absolute atomic E-state index is 11.7. The van der Waals surface area contributed by atoms with Gasteiger partial charge in [0.25, 0.3) is 0 Å². The number of nitrogens with zero attached hydrogens (tertiary/aromatic N) is 1. The zero-order valence-corrected chi connectivity index (χ0v) is 9.21. The summed E-state index contributed by atoms with van der Waals surface area (Å²) in [5.41, 5.74) is 1.74. The van der Waals surface area contributed by atoms with Crippen molar-refractivity contribution >= 4 is 23.1 Å². The molecule has 2 aliphatic rings. The molecule has 78 valence electrons. The van der Waals surface area contributed by atoms with E-state index in [9.17, 15) is 4.79 Å². The molecule has 0 aromatic heterocycles. The number of allylic oxidation sites excluding steroid dienone is 4. The van der Waals surface area contributed by atoms with Crippen molar-refractivity contribution in [3.63, 3.8) is 0 Å². The fourth-order valence-corrected chi connectivity index (χ4v) is 1.91. The molecule has 0 spiro atoms. The van der Waals surface area contributed by atoms with Crippen molar-refractivity contribution in [1.29, 1.82) is 0 Å². The Morgan fingerprint density at radius 1 is 1.53 bits per heavy atom. The lowest BCUT2D eigenvalue weighted by molar-refractivity contribution is -0.111. The summed E-state index contributed by atoms with van der Waals surface area (Å²) in [4.78, 5) is 16.0. The maximum atomic E-state index is 11.7. The van der Waals surface area contributed by atoms with E-state index in [0.717, 1.165) is 0 Å². The van der Waals surface area contributed by atoms with Gasteiger partial charge in [-0.3, -0.25) is 9.79 Å².